The van der Waals surface area contributed by atoms with E-state index in [1.54, 1.807) is 0 Å². The maximum atomic E-state index is 11.0. The van der Waals surface area contributed by atoms with Gasteiger partial charge < -0.3 is 20.3 Å². The molecule has 3 atom stereocenters. The number of aryl methyl sites for hydroxylation is 1. The molecule has 0 aromatic heterocycles. The zero-order chi connectivity index (χ0) is 20.9. The minimum atomic E-state index is -4.48. The molecular formula is C22H34NO5P. The smallest absolute Gasteiger partial charge is 0.374 e. The second-order valence-corrected chi connectivity index (χ2v) is 9.79. The van der Waals surface area contributed by atoms with Gasteiger partial charge in [-0.15, -0.1) is 0 Å². The molecule has 1 saturated carbocycles. The Bertz CT molecular complexity index is 762. The molecule has 1 aromatic carbocycles. The molecule has 0 unspecified atom stereocenters. The van der Waals surface area contributed by atoms with Crippen LogP contribution in [0.15, 0.2) is 30.4 Å². The van der Waals surface area contributed by atoms with Crippen molar-refractivity contribution < 1.29 is 23.6 Å². The third-order valence-electron chi connectivity index (χ3n) is 6.10. The zero-order valence-electron chi connectivity index (χ0n) is 17.3. The molecule has 0 spiro atoms. The summed E-state index contributed by atoms with van der Waals surface area (Å²) < 4.78 is 21.7. The van der Waals surface area contributed by atoms with Crippen molar-refractivity contribution in [2.45, 2.75) is 75.9 Å². The highest BCUT2D eigenvalue weighted by Crippen LogP contribution is 2.44. The lowest BCUT2D eigenvalue weighted by molar-refractivity contribution is 0.0641. The minimum Gasteiger partial charge on any atom is -0.374 e. The molecule has 0 radical (unpaired) electrons. The lowest BCUT2D eigenvalue weighted by Crippen LogP contribution is -2.41. The van der Waals surface area contributed by atoms with Crippen molar-refractivity contribution in [2.24, 2.45) is 5.73 Å². The Balaban J connectivity index is 1.55. The molecule has 2 aliphatic carbocycles. The van der Waals surface area contributed by atoms with Crippen LogP contribution in [-0.4, -0.2) is 34.6 Å². The fourth-order valence-electron chi connectivity index (χ4n) is 4.47. The number of hydrogen-bond acceptors (Lipinski definition) is 4. The minimum absolute atomic E-state index is 0.107. The largest absolute Gasteiger partial charge is 0.469 e. The third kappa shape index (κ3) is 6.74. The van der Waals surface area contributed by atoms with E-state index >= 15 is 0 Å². The molecule has 7 heteroatoms. The van der Waals surface area contributed by atoms with Crippen LogP contribution in [0.25, 0.3) is 0 Å². The molecule has 0 saturated heterocycles. The van der Waals surface area contributed by atoms with Crippen molar-refractivity contribution in [3.8, 4) is 0 Å². The number of fused-ring (bicyclic) bond motifs is 1. The number of hydrogen-bond donors (Lipinski definition) is 3. The maximum absolute atomic E-state index is 11.0. The highest BCUT2D eigenvalue weighted by atomic mass is 31.2. The molecule has 2 aliphatic rings. The van der Waals surface area contributed by atoms with E-state index in [4.69, 9.17) is 20.3 Å². The van der Waals surface area contributed by atoms with E-state index in [2.05, 4.69) is 41.8 Å². The Hall–Kier alpha value is -1.01. The van der Waals surface area contributed by atoms with Crippen LogP contribution in [0.1, 0.15) is 68.1 Å². The Kier molecular flexibility index (Phi) is 7.71. The predicted octanol–water partition coefficient (Wildman–Crippen LogP) is 3.99. The maximum Gasteiger partial charge on any atom is 0.469 e. The number of rotatable bonds is 9. The average Bonchev–Trinajstić information content (AvgIpc) is 3.08. The standard InChI is InChI=1S/C22H34NO5P/c1-2-3-4-5-12-27-21-9-8-17-13-18(6-7-19(17)14-21)20-10-11-22(23,15-20)16-28-29(24,25)26/h4-7,13,20-21H,2-3,8-12,14-16,23H2,1H3,(H2,24,25,26)/b5-4-/t20-,21-,22+/m0/s1. The highest BCUT2D eigenvalue weighted by Gasteiger charge is 2.38. The van der Waals surface area contributed by atoms with Gasteiger partial charge in [-0.3, -0.25) is 4.52 Å². The Morgan fingerprint density at radius 1 is 1.28 bits per heavy atom. The first kappa shape index (κ1) is 22.7. The molecule has 4 N–H and O–H groups in total. The summed E-state index contributed by atoms with van der Waals surface area (Å²) in [6.45, 7) is 2.76. The number of allylic oxidation sites excluding steroid dienone is 1. The van der Waals surface area contributed by atoms with Crippen LogP contribution in [0.5, 0.6) is 0 Å². The van der Waals surface area contributed by atoms with Gasteiger partial charge in [-0.1, -0.05) is 43.7 Å². The van der Waals surface area contributed by atoms with Gasteiger partial charge in [0.25, 0.3) is 0 Å². The van der Waals surface area contributed by atoms with E-state index in [0.717, 1.165) is 32.1 Å². The summed E-state index contributed by atoms with van der Waals surface area (Å²) in [5.74, 6) is 0.309. The van der Waals surface area contributed by atoms with E-state index < -0.39 is 13.4 Å². The number of unbranched alkanes of at least 4 members (excludes halogenated alkanes) is 1. The average molecular weight is 423 g/mol. The predicted molar refractivity (Wildman–Crippen MR) is 114 cm³/mol. The SMILES string of the molecule is CCC/C=C\CO[C@H]1CCc2cc([C@H]3CC[C@](N)(COP(=O)(O)O)C3)ccc2C1. The van der Waals surface area contributed by atoms with Crippen molar-refractivity contribution in [3.63, 3.8) is 0 Å². The molecule has 0 heterocycles. The normalized spacial score (nSPS) is 27.4. The van der Waals surface area contributed by atoms with Crippen LogP contribution in [-0.2, 0) is 26.7 Å². The number of ether oxygens (including phenoxy) is 1. The number of phosphoric acid groups is 1. The van der Waals surface area contributed by atoms with Crippen LogP contribution >= 0.6 is 7.82 Å². The van der Waals surface area contributed by atoms with Crippen LogP contribution in [0.4, 0.5) is 0 Å². The van der Waals surface area contributed by atoms with Gasteiger partial charge in [0.15, 0.2) is 0 Å². The summed E-state index contributed by atoms with van der Waals surface area (Å²) in [6.07, 6.45) is 12.2. The summed E-state index contributed by atoms with van der Waals surface area (Å²) in [5, 5.41) is 0. The lowest BCUT2D eigenvalue weighted by Gasteiger charge is -2.26. The van der Waals surface area contributed by atoms with Gasteiger partial charge in [0.2, 0.25) is 0 Å². The summed E-state index contributed by atoms with van der Waals surface area (Å²) in [5.41, 5.74) is 9.69. The molecule has 1 fully saturated rings. The molecule has 0 amide bonds. The highest BCUT2D eigenvalue weighted by molar-refractivity contribution is 7.46. The third-order valence-corrected chi connectivity index (χ3v) is 6.56. The zero-order valence-corrected chi connectivity index (χ0v) is 18.2. The van der Waals surface area contributed by atoms with Crippen LogP contribution in [0.3, 0.4) is 0 Å². The van der Waals surface area contributed by atoms with Crippen LogP contribution in [0.2, 0.25) is 0 Å². The molecule has 29 heavy (non-hydrogen) atoms. The van der Waals surface area contributed by atoms with E-state index in [9.17, 15) is 4.57 Å². The summed E-state index contributed by atoms with van der Waals surface area (Å²) in [7, 11) is -4.48. The van der Waals surface area contributed by atoms with Gasteiger partial charge >= 0.3 is 7.82 Å². The monoisotopic (exact) mass is 423 g/mol. The molecule has 0 bridgehead atoms. The summed E-state index contributed by atoms with van der Waals surface area (Å²) >= 11 is 0. The quantitative estimate of drug-likeness (QED) is 0.410. The van der Waals surface area contributed by atoms with Gasteiger partial charge in [-0.25, -0.2) is 4.57 Å². The molecule has 0 aliphatic heterocycles. The Morgan fingerprint density at radius 3 is 2.86 bits per heavy atom. The molecule has 3 rings (SSSR count). The molecular weight excluding hydrogens is 389 g/mol. The van der Waals surface area contributed by atoms with E-state index in [0.29, 0.717) is 25.4 Å². The van der Waals surface area contributed by atoms with Crippen molar-refractivity contribution in [1.82, 2.24) is 0 Å². The van der Waals surface area contributed by atoms with Crippen LogP contribution < -0.4 is 5.73 Å². The van der Waals surface area contributed by atoms with E-state index in [1.165, 1.54) is 23.1 Å². The fraction of sp³-hybridized carbons (Fsp3) is 0.636. The van der Waals surface area contributed by atoms with Crippen LogP contribution in [0, 0.1) is 0 Å². The number of benzene rings is 1. The van der Waals surface area contributed by atoms with Gasteiger partial charge in [0.1, 0.15) is 0 Å². The van der Waals surface area contributed by atoms with Crippen molar-refractivity contribution >= 4 is 7.82 Å². The summed E-state index contributed by atoms with van der Waals surface area (Å²) in [6, 6.07) is 6.70. The molecule has 6 nitrogen and oxygen atoms in total. The van der Waals surface area contributed by atoms with E-state index in [-0.39, 0.29) is 12.7 Å². The first-order valence-corrected chi connectivity index (χ1v) is 12.2. The van der Waals surface area contributed by atoms with Gasteiger partial charge in [0.05, 0.1) is 19.3 Å². The van der Waals surface area contributed by atoms with E-state index in [1.807, 2.05) is 0 Å². The van der Waals surface area contributed by atoms with Crippen molar-refractivity contribution in [2.75, 3.05) is 13.2 Å². The Labute approximate surface area is 173 Å². The summed E-state index contributed by atoms with van der Waals surface area (Å²) in [4.78, 5) is 17.9. The van der Waals surface area contributed by atoms with Crippen molar-refractivity contribution in [1.29, 1.82) is 0 Å². The Morgan fingerprint density at radius 2 is 2.10 bits per heavy atom. The first-order valence-electron chi connectivity index (χ1n) is 10.7. The molecule has 162 valence electrons. The molecule has 1 aromatic rings. The fourth-order valence-corrected chi connectivity index (χ4v) is 4.89. The first-order chi connectivity index (χ1) is 13.8. The lowest BCUT2D eigenvalue weighted by atomic mass is 9.85. The van der Waals surface area contributed by atoms with Gasteiger partial charge in [-0.2, -0.15) is 0 Å². The van der Waals surface area contributed by atoms with Crippen molar-refractivity contribution in [3.05, 3.63) is 47.0 Å². The second kappa shape index (κ2) is 9.86. The second-order valence-electron chi connectivity index (χ2n) is 8.55. The number of phosphoric ester groups is 1. The van der Waals surface area contributed by atoms with Gasteiger partial charge in [0, 0.05) is 5.54 Å². The topological polar surface area (TPSA) is 102 Å². The van der Waals surface area contributed by atoms with Gasteiger partial charge in [-0.05, 0) is 67.6 Å². The number of nitrogens with two attached hydrogens (primary N) is 1.